The van der Waals surface area contributed by atoms with Crippen molar-refractivity contribution in [2.45, 2.75) is 58.7 Å². The van der Waals surface area contributed by atoms with Gasteiger partial charge in [-0.25, -0.2) is 0 Å². The average Bonchev–Trinajstić information content (AvgIpc) is 3.20. The summed E-state index contributed by atoms with van der Waals surface area (Å²) in [5.41, 5.74) is 4.66. The van der Waals surface area contributed by atoms with Crippen molar-refractivity contribution < 1.29 is 9.59 Å². The first-order valence-corrected chi connectivity index (χ1v) is 15.6. The second kappa shape index (κ2) is 10.8. The third-order valence-electron chi connectivity index (χ3n) is 6.58. The second-order valence-electron chi connectivity index (χ2n) is 8.78. The minimum absolute atomic E-state index is 0.159. The zero-order valence-corrected chi connectivity index (χ0v) is 21.3. The Hall–Kier alpha value is -1.87. The van der Waals surface area contributed by atoms with Gasteiger partial charge in [-0.05, 0) is 0 Å². The molecule has 2 aliphatic rings. The van der Waals surface area contributed by atoms with Crippen LogP contribution in [0.3, 0.4) is 0 Å². The molecule has 0 bridgehead atoms. The molecule has 0 aromatic carbocycles. The number of nitrogens with zero attached hydrogens (tertiary/aromatic N) is 4. The van der Waals surface area contributed by atoms with Crippen LogP contribution in [0.5, 0.6) is 0 Å². The number of aryl methyl sites for hydroxylation is 2. The number of amides is 1. The molecule has 0 N–H and O–H groups in total. The molecule has 0 saturated carbocycles. The van der Waals surface area contributed by atoms with Crippen molar-refractivity contribution in [3.63, 3.8) is 0 Å². The molecule has 172 valence electrons. The standard InChI is InChI=1S/C25H33IN4O2/c1-19-6-3-13-27-22(19)16-30(17-23-20(2)7-4-14-28-23)21-9-11-26(12-10-21)24(31)18-29-15-5-8-25(29)32/h3-4,6-7,13-14,21H,5,8-12,15-18H2,1-2H3. The molecule has 2 aromatic heterocycles. The molecule has 0 aliphatic carbocycles. The van der Waals surface area contributed by atoms with Crippen LogP contribution >= 0.6 is 19.8 Å². The third-order valence-corrected chi connectivity index (χ3v) is 12.5. The first-order valence-electron chi connectivity index (χ1n) is 11.5. The molecule has 2 fully saturated rings. The van der Waals surface area contributed by atoms with Gasteiger partial charge in [0.05, 0.1) is 0 Å². The summed E-state index contributed by atoms with van der Waals surface area (Å²) >= 11 is -1.66. The van der Waals surface area contributed by atoms with Gasteiger partial charge in [0.25, 0.3) is 0 Å². The van der Waals surface area contributed by atoms with Crippen LogP contribution in [0.2, 0.25) is 0 Å². The summed E-state index contributed by atoms with van der Waals surface area (Å²) in [7, 11) is 0. The molecular weight excluding hydrogens is 515 g/mol. The van der Waals surface area contributed by atoms with Gasteiger partial charge >= 0.3 is 199 Å². The molecule has 2 aromatic rings. The molecule has 0 unspecified atom stereocenters. The van der Waals surface area contributed by atoms with Crippen LogP contribution in [-0.4, -0.2) is 57.5 Å². The van der Waals surface area contributed by atoms with Crippen LogP contribution in [0.4, 0.5) is 0 Å². The van der Waals surface area contributed by atoms with E-state index in [9.17, 15) is 9.59 Å². The summed E-state index contributed by atoms with van der Waals surface area (Å²) in [5.74, 6) is 0.159. The Labute approximate surface area is 198 Å². The van der Waals surface area contributed by atoms with Crippen molar-refractivity contribution in [3.05, 3.63) is 59.2 Å². The molecule has 0 spiro atoms. The van der Waals surface area contributed by atoms with Crippen LogP contribution in [0, 0.1) is 13.8 Å². The minimum atomic E-state index is -1.66. The number of carbonyl (C=O) groups excluding carboxylic acids is 2. The van der Waals surface area contributed by atoms with E-state index in [1.807, 2.05) is 24.5 Å². The zero-order valence-electron chi connectivity index (χ0n) is 19.1. The molecule has 1 amide bonds. The van der Waals surface area contributed by atoms with E-state index >= 15 is 0 Å². The van der Waals surface area contributed by atoms with Gasteiger partial charge in [0.1, 0.15) is 0 Å². The van der Waals surface area contributed by atoms with E-state index in [2.05, 4.69) is 40.8 Å². The Kier molecular flexibility index (Phi) is 7.88. The van der Waals surface area contributed by atoms with Gasteiger partial charge in [-0.1, -0.05) is 0 Å². The fourth-order valence-corrected chi connectivity index (χ4v) is 10.1. The zero-order chi connectivity index (χ0) is 22.5. The normalized spacial score (nSPS) is 18.5. The molecule has 2 saturated heterocycles. The van der Waals surface area contributed by atoms with Gasteiger partial charge in [0.2, 0.25) is 0 Å². The predicted octanol–water partition coefficient (Wildman–Crippen LogP) is 3.91. The molecule has 0 radical (unpaired) electrons. The van der Waals surface area contributed by atoms with Gasteiger partial charge in [-0.3, -0.25) is 0 Å². The van der Waals surface area contributed by atoms with Crippen molar-refractivity contribution in [1.29, 1.82) is 0 Å². The Morgan fingerprint density at radius 3 is 2.16 bits per heavy atom. The van der Waals surface area contributed by atoms with Crippen molar-refractivity contribution >= 4 is 29.5 Å². The fraction of sp³-hybridized carbons (Fsp3) is 0.520. The van der Waals surface area contributed by atoms with Gasteiger partial charge in [0.15, 0.2) is 0 Å². The van der Waals surface area contributed by atoms with Crippen molar-refractivity contribution in [2.24, 2.45) is 0 Å². The monoisotopic (exact) mass is 548 g/mol. The number of alkyl halides is 2. The molecule has 32 heavy (non-hydrogen) atoms. The average molecular weight is 548 g/mol. The quantitative estimate of drug-likeness (QED) is 0.285. The van der Waals surface area contributed by atoms with Crippen LogP contribution in [-0.2, 0) is 22.7 Å². The summed E-state index contributed by atoms with van der Waals surface area (Å²) in [6.07, 6.45) is 7.37. The van der Waals surface area contributed by atoms with Gasteiger partial charge in [-0.2, -0.15) is 0 Å². The van der Waals surface area contributed by atoms with Gasteiger partial charge in [-0.15, -0.1) is 0 Å². The number of aromatic nitrogens is 2. The fourth-order valence-electron chi connectivity index (χ4n) is 4.50. The maximum absolute atomic E-state index is 12.9. The molecule has 4 rings (SSSR count). The Balaban J connectivity index is 1.42. The van der Waals surface area contributed by atoms with Gasteiger partial charge < -0.3 is 0 Å². The van der Waals surface area contributed by atoms with Crippen LogP contribution in [0.25, 0.3) is 0 Å². The van der Waals surface area contributed by atoms with E-state index < -0.39 is 19.8 Å². The van der Waals surface area contributed by atoms with E-state index in [0.717, 1.165) is 59.1 Å². The first kappa shape index (κ1) is 23.3. The van der Waals surface area contributed by atoms with E-state index in [1.165, 1.54) is 11.1 Å². The molecule has 2 aliphatic heterocycles. The van der Waals surface area contributed by atoms with E-state index in [0.29, 0.717) is 22.8 Å². The number of hydrogen-bond donors (Lipinski definition) is 0. The summed E-state index contributed by atoms with van der Waals surface area (Å²) in [6, 6.07) is 8.65. The molecular formula is C25H33IN4O2. The van der Waals surface area contributed by atoms with Crippen LogP contribution in [0.15, 0.2) is 36.7 Å². The van der Waals surface area contributed by atoms with Gasteiger partial charge in [0, 0.05) is 0 Å². The number of rotatable bonds is 8. The summed E-state index contributed by atoms with van der Waals surface area (Å²) in [5, 5.41) is 0. The summed E-state index contributed by atoms with van der Waals surface area (Å²) in [4.78, 5) is 38.4. The number of hydrogen-bond acceptors (Lipinski definition) is 5. The molecule has 6 nitrogen and oxygen atoms in total. The first-order chi connectivity index (χ1) is 15.5. The molecule has 0 atom stereocenters. The van der Waals surface area contributed by atoms with Crippen molar-refractivity contribution in [1.82, 2.24) is 19.8 Å². The predicted molar refractivity (Wildman–Crippen MR) is 135 cm³/mol. The van der Waals surface area contributed by atoms with Crippen molar-refractivity contribution in [3.8, 4) is 0 Å². The molecule has 4 heterocycles. The topological polar surface area (TPSA) is 66.4 Å². The Morgan fingerprint density at radius 2 is 1.66 bits per heavy atom. The maximum atomic E-state index is 12.9. The van der Waals surface area contributed by atoms with E-state index in [-0.39, 0.29) is 5.91 Å². The van der Waals surface area contributed by atoms with E-state index in [4.69, 9.17) is 0 Å². The summed E-state index contributed by atoms with van der Waals surface area (Å²) < 4.78 is 2.50. The van der Waals surface area contributed by atoms with Crippen LogP contribution < -0.4 is 0 Å². The van der Waals surface area contributed by atoms with Crippen molar-refractivity contribution in [2.75, 3.05) is 21.9 Å². The Morgan fingerprint density at radius 1 is 1.06 bits per heavy atom. The summed E-state index contributed by atoms with van der Waals surface area (Å²) in [6.45, 7) is 6.98. The number of likely N-dealkylation sites (tertiary alicyclic amines) is 1. The number of pyridine rings is 2. The SMILES string of the molecule is Cc1cccnc1CN(Cc1ncccc1C)C1CCI(C(=O)CN2CCCC2=O)CC1. The van der Waals surface area contributed by atoms with E-state index in [1.54, 1.807) is 4.90 Å². The van der Waals surface area contributed by atoms with Crippen LogP contribution in [0.1, 0.15) is 48.2 Å². The second-order valence-corrected chi connectivity index (χ2v) is 14.7. The number of halogens is 1. The molecule has 7 heteroatoms. The Bertz CT molecular complexity index is 911. The third kappa shape index (κ3) is 5.73. The number of carbonyl (C=O) groups is 2.